The Kier molecular flexibility index (Phi) is 7.24. The first-order chi connectivity index (χ1) is 14.5. The van der Waals surface area contributed by atoms with Crippen molar-refractivity contribution >= 4 is 23.2 Å². The van der Waals surface area contributed by atoms with E-state index in [0.717, 1.165) is 11.5 Å². The zero-order chi connectivity index (χ0) is 21.3. The molecule has 0 aliphatic carbocycles. The molecule has 7 heteroatoms. The van der Waals surface area contributed by atoms with Gasteiger partial charge < -0.3 is 25.1 Å². The molecular formula is C23H26N3O4+. The number of carbonyl (C=O) groups is 2. The molecule has 0 saturated carbocycles. The largest absolute Gasteiger partial charge is 0.494 e. The molecule has 2 aromatic carbocycles. The van der Waals surface area contributed by atoms with Crippen LogP contribution in [-0.4, -0.2) is 25.0 Å². The molecule has 4 N–H and O–H groups in total. The Labute approximate surface area is 175 Å². The number of hydrogen-bond donors (Lipinski definition) is 3. The topological polar surface area (TPSA) is 97.2 Å². The molecule has 0 bridgehead atoms. The Morgan fingerprint density at radius 2 is 1.67 bits per heavy atom. The number of carbonyl (C=O) groups excluding carboxylic acids is 2. The van der Waals surface area contributed by atoms with E-state index in [1.54, 1.807) is 42.7 Å². The molecule has 1 atom stereocenters. The van der Waals surface area contributed by atoms with Crippen LogP contribution in [0, 0.1) is 0 Å². The summed E-state index contributed by atoms with van der Waals surface area (Å²) in [7, 11) is 0. The molecule has 1 aromatic heterocycles. The number of rotatable bonds is 9. The summed E-state index contributed by atoms with van der Waals surface area (Å²) in [6.45, 7) is 4.75. The number of hydrogen-bond acceptors (Lipinski definition) is 4. The zero-order valence-electron chi connectivity index (χ0n) is 17.1. The standard InChI is InChI=1S/C23H25N3O4/c1-3-29-20-12-10-19(11-13-20)26-23(28)17-6-8-18(9-7-17)25-22(27)15-24-16(2)21-5-4-14-30-21/h4-14,16,24H,3,15H2,1-2H3,(H,25,27)(H,26,28)/p+1/t16-/m1/s1. The Morgan fingerprint density at radius 1 is 1.00 bits per heavy atom. The Bertz CT molecular complexity index is 951. The molecular weight excluding hydrogens is 382 g/mol. The first kappa shape index (κ1) is 21.1. The van der Waals surface area contributed by atoms with Crippen LogP contribution in [0.15, 0.2) is 71.3 Å². The smallest absolute Gasteiger partial charge is 0.279 e. The lowest BCUT2D eigenvalue weighted by molar-refractivity contribution is -0.684. The van der Waals surface area contributed by atoms with E-state index in [0.29, 0.717) is 23.5 Å². The van der Waals surface area contributed by atoms with Crippen LogP contribution in [-0.2, 0) is 4.79 Å². The maximum atomic E-state index is 12.4. The molecule has 3 aromatic rings. The van der Waals surface area contributed by atoms with Gasteiger partial charge in [0.15, 0.2) is 12.3 Å². The number of nitrogens with two attached hydrogens (primary N) is 1. The van der Waals surface area contributed by atoms with Gasteiger partial charge in [0.05, 0.1) is 12.9 Å². The quantitative estimate of drug-likeness (QED) is 0.507. The van der Waals surface area contributed by atoms with Crippen molar-refractivity contribution in [3.05, 3.63) is 78.3 Å². The SMILES string of the molecule is CCOc1ccc(NC(=O)c2ccc(NC(=O)C[NH2+][C@H](C)c3ccco3)cc2)cc1. The maximum absolute atomic E-state index is 12.4. The van der Waals surface area contributed by atoms with Crippen molar-refractivity contribution in [2.75, 3.05) is 23.8 Å². The second-order valence-corrected chi connectivity index (χ2v) is 6.78. The molecule has 156 valence electrons. The van der Waals surface area contributed by atoms with Crippen LogP contribution in [0.4, 0.5) is 11.4 Å². The molecule has 0 fully saturated rings. The highest BCUT2D eigenvalue weighted by Gasteiger charge is 2.14. The van der Waals surface area contributed by atoms with Crippen LogP contribution in [0.5, 0.6) is 5.75 Å². The molecule has 7 nitrogen and oxygen atoms in total. The summed E-state index contributed by atoms with van der Waals surface area (Å²) in [4.78, 5) is 24.6. The van der Waals surface area contributed by atoms with Crippen LogP contribution in [0.2, 0.25) is 0 Å². The number of nitrogens with one attached hydrogen (secondary N) is 2. The summed E-state index contributed by atoms with van der Waals surface area (Å²) in [6.07, 6.45) is 1.62. The molecule has 2 amide bonds. The van der Waals surface area contributed by atoms with Crippen molar-refractivity contribution < 1.29 is 24.1 Å². The zero-order valence-corrected chi connectivity index (χ0v) is 17.1. The van der Waals surface area contributed by atoms with E-state index in [-0.39, 0.29) is 24.4 Å². The van der Waals surface area contributed by atoms with E-state index in [2.05, 4.69) is 10.6 Å². The molecule has 1 heterocycles. The molecule has 0 unspecified atom stereocenters. The Morgan fingerprint density at radius 3 is 2.30 bits per heavy atom. The number of quaternary nitrogens is 1. The predicted octanol–water partition coefficient (Wildman–Crippen LogP) is 3.19. The summed E-state index contributed by atoms with van der Waals surface area (Å²) >= 11 is 0. The van der Waals surface area contributed by atoms with Crippen molar-refractivity contribution in [2.45, 2.75) is 19.9 Å². The number of anilines is 2. The third-order valence-electron chi connectivity index (χ3n) is 4.50. The van der Waals surface area contributed by atoms with Gasteiger partial charge in [-0.1, -0.05) is 0 Å². The summed E-state index contributed by atoms with van der Waals surface area (Å²) in [5.74, 6) is 1.23. The van der Waals surface area contributed by atoms with Crippen molar-refractivity contribution in [1.82, 2.24) is 0 Å². The molecule has 0 aliphatic rings. The van der Waals surface area contributed by atoms with E-state index in [1.807, 2.05) is 43.4 Å². The van der Waals surface area contributed by atoms with Gasteiger partial charge in [-0.2, -0.15) is 0 Å². The van der Waals surface area contributed by atoms with Crippen molar-refractivity contribution in [2.24, 2.45) is 0 Å². The summed E-state index contributed by atoms with van der Waals surface area (Å²) in [5, 5.41) is 7.56. The van der Waals surface area contributed by atoms with Gasteiger partial charge in [-0.25, -0.2) is 0 Å². The van der Waals surface area contributed by atoms with Crippen molar-refractivity contribution in [3.8, 4) is 5.75 Å². The highest BCUT2D eigenvalue weighted by molar-refractivity contribution is 6.04. The average Bonchev–Trinajstić information content (AvgIpc) is 3.29. The third-order valence-corrected chi connectivity index (χ3v) is 4.50. The fraction of sp³-hybridized carbons (Fsp3) is 0.217. The second-order valence-electron chi connectivity index (χ2n) is 6.78. The summed E-state index contributed by atoms with van der Waals surface area (Å²) in [5.41, 5.74) is 1.82. The maximum Gasteiger partial charge on any atom is 0.279 e. The first-order valence-corrected chi connectivity index (χ1v) is 9.86. The van der Waals surface area contributed by atoms with Gasteiger partial charge in [0.1, 0.15) is 11.8 Å². The van der Waals surface area contributed by atoms with Crippen LogP contribution in [0.3, 0.4) is 0 Å². The lowest BCUT2D eigenvalue weighted by Crippen LogP contribution is -2.86. The van der Waals surface area contributed by atoms with Crippen LogP contribution >= 0.6 is 0 Å². The normalized spacial score (nSPS) is 11.5. The lowest BCUT2D eigenvalue weighted by Gasteiger charge is -2.10. The molecule has 0 spiro atoms. The van der Waals surface area contributed by atoms with Crippen molar-refractivity contribution in [3.63, 3.8) is 0 Å². The summed E-state index contributed by atoms with van der Waals surface area (Å²) in [6, 6.07) is 17.7. The highest BCUT2D eigenvalue weighted by atomic mass is 16.5. The molecule has 30 heavy (non-hydrogen) atoms. The van der Waals surface area contributed by atoms with Gasteiger partial charge in [0.2, 0.25) is 0 Å². The van der Waals surface area contributed by atoms with Gasteiger partial charge in [-0.3, -0.25) is 9.59 Å². The Balaban J connectivity index is 1.48. The van der Waals surface area contributed by atoms with Crippen LogP contribution in [0.1, 0.15) is 36.0 Å². The Hall–Kier alpha value is -3.58. The lowest BCUT2D eigenvalue weighted by atomic mass is 10.2. The second kappa shape index (κ2) is 10.3. The predicted molar refractivity (Wildman–Crippen MR) is 115 cm³/mol. The van der Waals surface area contributed by atoms with Gasteiger partial charge in [-0.05, 0) is 74.5 Å². The fourth-order valence-electron chi connectivity index (χ4n) is 2.87. The van der Waals surface area contributed by atoms with Crippen LogP contribution < -0.4 is 20.7 Å². The number of ether oxygens (including phenoxy) is 1. The van der Waals surface area contributed by atoms with E-state index in [1.165, 1.54) is 0 Å². The minimum absolute atomic E-state index is 0.0550. The van der Waals surface area contributed by atoms with Gasteiger partial charge in [-0.15, -0.1) is 0 Å². The minimum atomic E-state index is -0.224. The molecule has 0 aliphatic heterocycles. The number of amides is 2. The monoisotopic (exact) mass is 408 g/mol. The summed E-state index contributed by atoms with van der Waals surface area (Å²) < 4.78 is 10.7. The van der Waals surface area contributed by atoms with Gasteiger partial charge in [0, 0.05) is 16.9 Å². The average molecular weight is 408 g/mol. The van der Waals surface area contributed by atoms with Crippen LogP contribution in [0.25, 0.3) is 0 Å². The molecule has 0 saturated heterocycles. The van der Waals surface area contributed by atoms with Gasteiger partial charge in [0.25, 0.3) is 11.8 Å². The number of furan rings is 1. The molecule has 3 rings (SSSR count). The highest BCUT2D eigenvalue weighted by Crippen LogP contribution is 2.17. The first-order valence-electron chi connectivity index (χ1n) is 9.86. The van der Waals surface area contributed by atoms with E-state index < -0.39 is 0 Å². The number of benzene rings is 2. The van der Waals surface area contributed by atoms with E-state index in [9.17, 15) is 9.59 Å². The van der Waals surface area contributed by atoms with Crippen molar-refractivity contribution in [1.29, 1.82) is 0 Å². The fourth-order valence-corrected chi connectivity index (χ4v) is 2.87. The minimum Gasteiger partial charge on any atom is -0.494 e. The van der Waals surface area contributed by atoms with Gasteiger partial charge >= 0.3 is 0 Å². The molecule has 0 radical (unpaired) electrons. The third kappa shape index (κ3) is 5.96. The van der Waals surface area contributed by atoms with E-state index >= 15 is 0 Å². The van der Waals surface area contributed by atoms with E-state index in [4.69, 9.17) is 9.15 Å².